The zero-order valence-corrected chi connectivity index (χ0v) is 15.0. The summed E-state index contributed by atoms with van der Waals surface area (Å²) in [4.78, 5) is 6.12. The molecule has 0 saturated carbocycles. The maximum atomic E-state index is 10.5. The molecule has 130 valence electrons. The number of aliphatic hydroxyl groups excluding tert-OH is 1. The monoisotopic (exact) mass is 346 g/mol. The number of hydrogen-bond acceptors (Lipinski definition) is 5. The summed E-state index contributed by atoms with van der Waals surface area (Å²) in [6.45, 7) is 5.09. The Bertz CT molecular complexity index is 585. The lowest BCUT2D eigenvalue weighted by molar-refractivity contribution is 0.00692. The topological polar surface area (TPSA) is 35.9 Å². The predicted octanol–water partition coefficient (Wildman–Crippen LogP) is 2.79. The molecular formula is C19H26N2O2S. The quantitative estimate of drug-likeness (QED) is 0.836. The van der Waals surface area contributed by atoms with Crippen molar-refractivity contribution in [2.75, 3.05) is 46.4 Å². The Morgan fingerprint density at radius 1 is 1.12 bits per heavy atom. The molecular weight excluding hydrogens is 320 g/mol. The van der Waals surface area contributed by atoms with Crippen LogP contribution in [0, 0.1) is 0 Å². The summed E-state index contributed by atoms with van der Waals surface area (Å²) >= 11 is 1.81. The van der Waals surface area contributed by atoms with Gasteiger partial charge in [-0.15, -0.1) is 11.3 Å². The van der Waals surface area contributed by atoms with Crippen LogP contribution in [0.15, 0.2) is 47.8 Å². The third-order valence-electron chi connectivity index (χ3n) is 4.51. The van der Waals surface area contributed by atoms with Gasteiger partial charge in [0.25, 0.3) is 0 Å². The molecule has 0 unspecified atom stereocenters. The minimum absolute atomic E-state index is 0.363. The summed E-state index contributed by atoms with van der Waals surface area (Å²) in [6, 6.07) is 14.6. The molecule has 1 saturated heterocycles. The first-order valence-electron chi connectivity index (χ1n) is 8.51. The minimum atomic E-state index is -0.454. The maximum absolute atomic E-state index is 10.5. The molecule has 0 aliphatic carbocycles. The first kappa shape index (κ1) is 17.6. The first-order valence-corrected chi connectivity index (χ1v) is 9.39. The van der Waals surface area contributed by atoms with Crippen molar-refractivity contribution < 1.29 is 9.84 Å². The molecule has 0 bridgehead atoms. The van der Waals surface area contributed by atoms with E-state index in [2.05, 4.69) is 34.4 Å². The number of benzene rings is 1. The van der Waals surface area contributed by atoms with Gasteiger partial charge in [-0.05, 0) is 24.1 Å². The van der Waals surface area contributed by atoms with Gasteiger partial charge in [-0.25, -0.2) is 0 Å². The van der Waals surface area contributed by atoms with E-state index in [0.29, 0.717) is 12.6 Å². The molecule has 4 nitrogen and oxygen atoms in total. The predicted molar refractivity (Wildman–Crippen MR) is 98.4 cm³/mol. The van der Waals surface area contributed by atoms with Gasteiger partial charge >= 0.3 is 0 Å². The number of likely N-dealkylation sites (N-methyl/N-ethyl adjacent to an activating group) is 1. The van der Waals surface area contributed by atoms with Crippen LogP contribution < -0.4 is 0 Å². The molecule has 2 atom stereocenters. The zero-order valence-electron chi connectivity index (χ0n) is 14.2. The Morgan fingerprint density at radius 3 is 2.54 bits per heavy atom. The van der Waals surface area contributed by atoms with Crippen LogP contribution in [-0.2, 0) is 4.74 Å². The smallest absolute Gasteiger partial charge is 0.0916 e. The van der Waals surface area contributed by atoms with E-state index in [9.17, 15) is 5.11 Å². The van der Waals surface area contributed by atoms with E-state index in [1.54, 1.807) is 0 Å². The van der Waals surface area contributed by atoms with Gasteiger partial charge in [-0.3, -0.25) is 4.90 Å². The molecule has 5 heteroatoms. The van der Waals surface area contributed by atoms with Crippen molar-refractivity contribution in [3.05, 3.63) is 58.3 Å². The maximum Gasteiger partial charge on any atom is 0.0916 e. The van der Waals surface area contributed by atoms with Gasteiger partial charge in [0.05, 0.1) is 25.4 Å². The Hall–Kier alpha value is -1.24. The van der Waals surface area contributed by atoms with Gasteiger partial charge in [0.15, 0.2) is 0 Å². The molecule has 24 heavy (non-hydrogen) atoms. The first-order chi connectivity index (χ1) is 11.7. The summed E-state index contributed by atoms with van der Waals surface area (Å²) in [5.74, 6) is 0. The molecule has 0 spiro atoms. The molecule has 1 N–H and O–H groups in total. The second kappa shape index (κ2) is 8.74. The standard InChI is InChI=1S/C19H26N2O2S/c1-20(15-18(22)16-6-3-2-4-7-16)14-17(19-8-5-13-24-19)21-9-11-23-12-10-21/h2-8,13,17-18,22H,9-12,14-15H2,1H3/t17-,18+/m1/s1. The third-order valence-corrected chi connectivity index (χ3v) is 5.49. The van der Waals surface area contributed by atoms with Crippen molar-refractivity contribution in [2.45, 2.75) is 12.1 Å². The van der Waals surface area contributed by atoms with E-state index < -0.39 is 6.10 Å². The van der Waals surface area contributed by atoms with E-state index in [1.807, 2.05) is 41.7 Å². The Kier molecular flexibility index (Phi) is 6.40. The number of thiophene rings is 1. The van der Waals surface area contributed by atoms with Crippen LogP contribution in [0.1, 0.15) is 22.6 Å². The molecule has 2 aromatic rings. The second-order valence-electron chi connectivity index (χ2n) is 6.33. The van der Waals surface area contributed by atoms with Crippen molar-refractivity contribution >= 4 is 11.3 Å². The van der Waals surface area contributed by atoms with Gasteiger partial charge in [-0.2, -0.15) is 0 Å². The fraction of sp³-hybridized carbons (Fsp3) is 0.474. The SMILES string of the molecule is CN(C[C@H](c1cccs1)N1CCOCC1)C[C@H](O)c1ccccc1. The lowest BCUT2D eigenvalue weighted by atomic mass is 10.1. The van der Waals surface area contributed by atoms with Crippen molar-refractivity contribution in [1.29, 1.82) is 0 Å². The van der Waals surface area contributed by atoms with Crippen LogP contribution in [0.25, 0.3) is 0 Å². The van der Waals surface area contributed by atoms with Crippen molar-refractivity contribution in [2.24, 2.45) is 0 Å². The molecule has 0 radical (unpaired) electrons. The summed E-state index contributed by atoms with van der Waals surface area (Å²) in [5, 5.41) is 12.6. The molecule has 1 aromatic carbocycles. The van der Waals surface area contributed by atoms with E-state index in [-0.39, 0.29) is 0 Å². The number of nitrogens with zero attached hydrogens (tertiary/aromatic N) is 2. The van der Waals surface area contributed by atoms with Gasteiger partial charge in [0, 0.05) is 31.1 Å². The highest BCUT2D eigenvalue weighted by atomic mass is 32.1. The van der Waals surface area contributed by atoms with E-state index in [4.69, 9.17) is 4.74 Å². The van der Waals surface area contributed by atoms with Gasteiger partial charge < -0.3 is 14.7 Å². The molecule has 0 amide bonds. The molecule has 1 fully saturated rings. The fourth-order valence-electron chi connectivity index (χ4n) is 3.20. The molecule has 1 aromatic heterocycles. The van der Waals surface area contributed by atoms with Gasteiger partial charge in [0.1, 0.15) is 0 Å². The molecule has 2 heterocycles. The third kappa shape index (κ3) is 4.65. The number of rotatable bonds is 7. The highest BCUT2D eigenvalue weighted by Gasteiger charge is 2.25. The number of ether oxygens (including phenoxy) is 1. The highest BCUT2D eigenvalue weighted by molar-refractivity contribution is 7.10. The number of hydrogen-bond donors (Lipinski definition) is 1. The summed E-state index contributed by atoms with van der Waals surface area (Å²) in [6.07, 6.45) is -0.454. The van der Waals surface area contributed by atoms with Crippen LogP contribution >= 0.6 is 11.3 Å². The second-order valence-corrected chi connectivity index (χ2v) is 7.31. The average molecular weight is 346 g/mol. The Morgan fingerprint density at radius 2 is 1.88 bits per heavy atom. The lowest BCUT2D eigenvalue weighted by Gasteiger charge is -2.36. The number of morpholine rings is 1. The average Bonchev–Trinajstić information content (AvgIpc) is 3.15. The summed E-state index contributed by atoms with van der Waals surface area (Å²) in [5.41, 5.74) is 0.975. The summed E-state index contributed by atoms with van der Waals surface area (Å²) < 4.78 is 5.50. The molecule has 1 aliphatic heterocycles. The number of aliphatic hydroxyl groups is 1. The van der Waals surface area contributed by atoms with Gasteiger partial charge in [-0.1, -0.05) is 36.4 Å². The van der Waals surface area contributed by atoms with E-state index >= 15 is 0 Å². The van der Waals surface area contributed by atoms with Crippen LogP contribution in [0.4, 0.5) is 0 Å². The van der Waals surface area contributed by atoms with Crippen LogP contribution in [-0.4, -0.2) is 61.3 Å². The fourth-order valence-corrected chi connectivity index (χ4v) is 4.05. The summed E-state index contributed by atoms with van der Waals surface area (Å²) in [7, 11) is 2.09. The van der Waals surface area contributed by atoms with Crippen molar-refractivity contribution in [3.8, 4) is 0 Å². The Labute approximate surface area is 148 Å². The van der Waals surface area contributed by atoms with Gasteiger partial charge in [0.2, 0.25) is 0 Å². The van der Waals surface area contributed by atoms with Crippen molar-refractivity contribution in [1.82, 2.24) is 9.80 Å². The molecule has 3 rings (SSSR count). The molecule has 1 aliphatic rings. The van der Waals surface area contributed by atoms with Crippen LogP contribution in [0.3, 0.4) is 0 Å². The Balaban J connectivity index is 1.63. The largest absolute Gasteiger partial charge is 0.387 e. The normalized spacial score (nSPS) is 18.6. The lowest BCUT2D eigenvalue weighted by Crippen LogP contribution is -2.43. The zero-order chi connectivity index (χ0) is 16.8. The van der Waals surface area contributed by atoms with Crippen LogP contribution in [0.2, 0.25) is 0 Å². The highest BCUT2D eigenvalue weighted by Crippen LogP contribution is 2.27. The van der Waals surface area contributed by atoms with E-state index in [0.717, 1.165) is 38.4 Å². The van der Waals surface area contributed by atoms with E-state index in [1.165, 1.54) is 4.88 Å². The van der Waals surface area contributed by atoms with Crippen molar-refractivity contribution in [3.63, 3.8) is 0 Å². The minimum Gasteiger partial charge on any atom is -0.387 e. The van der Waals surface area contributed by atoms with Crippen LogP contribution in [0.5, 0.6) is 0 Å².